The quantitative estimate of drug-likeness (QED) is 0.587. The van der Waals surface area contributed by atoms with E-state index >= 15 is 0 Å². The van der Waals surface area contributed by atoms with Crippen molar-refractivity contribution in [3.63, 3.8) is 0 Å². The van der Waals surface area contributed by atoms with E-state index < -0.39 is 10.0 Å². The lowest BCUT2D eigenvalue weighted by Crippen LogP contribution is -2.40. The molecule has 6 nitrogen and oxygen atoms in total. The van der Waals surface area contributed by atoms with Crippen molar-refractivity contribution in [2.75, 3.05) is 26.3 Å². The van der Waals surface area contributed by atoms with E-state index in [1.807, 2.05) is 42.2 Å². The van der Waals surface area contributed by atoms with Crippen LogP contribution in [0.1, 0.15) is 31.4 Å². The van der Waals surface area contributed by atoms with Gasteiger partial charge in [0.15, 0.2) is 0 Å². The molecule has 0 radical (unpaired) electrons. The van der Waals surface area contributed by atoms with Gasteiger partial charge in [-0.25, -0.2) is 8.42 Å². The molecule has 0 unspecified atom stereocenters. The van der Waals surface area contributed by atoms with Gasteiger partial charge in [-0.05, 0) is 42.7 Å². The Kier molecular flexibility index (Phi) is 8.01. The van der Waals surface area contributed by atoms with Crippen LogP contribution in [-0.2, 0) is 26.1 Å². The van der Waals surface area contributed by atoms with Crippen LogP contribution in [0.25, 0.3) is 6.08 Å². The zero-order valence-electron chi connectivity index (χ0n) is 18.1. The van der Waals surface area contributed by atoms with E-state index in [1.165, 1.54) is 4.31 Å². The van der Waals surface area contributed by atoms with E-state index in [0.29, 0.717) is 32.8 Å². The molecular formula is C24H30N2O4S. The Hall–Kier alpha value is -2.48. The van der Waals surface area contributed by atoms with Gasteiger partial charge >= 0.3 is 0 Å². The number of sulfonamides is 1. The molecule has 2 aromatic rings. The third kappa shape index (κ3) is 6.03. The van der Waals surface area contributed by atoms with E-state index in [4.69, 9.17) is 4.74 Å². The molecule has 0 spiro atoms. The zero-order chi connectivity index (χ0) is 22.3. The van der Waals surface area contributed by atoms with Crippen LogP contribution >= 0.6 is 0 Å². The Morgan fingerprint density at radius 1 is 1.10 bits per heavy atom. The van der Waals surface area contributed by atoms with Crippen molar-refractivity contribution >= 4 is 22.0 Å². The molecule has 3 rings (SSSR count). The number of benzene rings is 2. The van der Waals surface area contributed by atoms with Crippen LogP contribution in [0.3, 0.4) is 0 Å². The normalized spacial score (nSPS) is 16.3. The van der Waals surface area contributed by atoms with Gasteiger partial charge in [0.25, 0.3) is 0 Å². The number of amides is 1. The summed E-state index contributed by atoms with van der Waals surface area (Å²) in [7, 11) is -3.52. The second-order valence-corrected chi connectivity index (χ2v) is 9.57. The fourth-order valence-corrected chi connectivity index (χ4v) is 4.81. The molecule has 0 saturated carbocycles. The zero-order valence-corrected chi connectivity index (χ0v) is 18.9. The number of ether oxygens (including phenoxy) is 1. The van der Waals surface area contributed by atoms with E-state index in [-0.39, 0.29) is 16.8 Å². The molecule has 1 atom stereocenters. The molecule has 0 aromatic heterocycles. The van der Waals surface area contributed by atoms with Crippen molar-refractivity contribution in [3.05, 3.63) is 71.8 Å². The van der Waals surface area contributed by atoms with Crippen LogP contribution in [0.2, 0.25) is 0 Å². The maximum Gasteiger partial charge on any atom is 0.247 e. The van der Waals surface area contributed by atoms with E-state index in [2.05, 4.69) is 6.92 Å². The number of carbonyl (C=O) groups excluding carboxylic acids is 1. The molecule has 166 valence electrons. The highest BCUT2D eigenvalue weighted by Gasteiger charge is 2.26. The lowest BCUT2D eigenvalue weighted by Gasteiger charge is -2.27. The number of nitrogens with zero attached hydrogens (tertiary/aromatic N) is 2. The van der Waals surface area contributed by atoms with Crippen LogP contribution in [0.5, 0.6) is 0 Å². The molecule has 1 saturated heterocycles. The summed E-state index contributed by atoms with van der Waals surface area (Å²) >= 11 is 0. The van der Waals surface area contributed by atoms with E-state index in [0.717, 1.165) is 17.5 Å². The SMILES string of the molecule is CC[C@H](C)N(Cc1ccccc1)C(=O)/C=C/c1ccc(S(=O)(=O)N2CCOCC2)cc1. The Morgan fingerprint density at radius 3 is 2.35 bits per heavy atom. The smallest absolute Gasteiger partial charge is 0.247 e. The number of carbonyl (C=O) groups is 1. The first kappa shape index (κ1) is 23.2. The first-order valence-electron chi connectivity index (χ1n) is 10.6. The Labute approximate surface area is 185 Å². The predicted molar refractivity (Wildman–Crippen MR) is 122 cm³/mol. The minimum atomic E-state index is -3.52. The standard InChI is InChI=1S/C24H30N2O4S/c1-3-20(2)26(19-22-7-5-4-6-8-22)24(27)14-11-21-9-12-23(13-10-21)31(28,29)25-15-17-30-18-16-25/h4-14,20H,3,15-19H2,1-2H3/b14-11+/t20-/m0/s1. The van der Waals surface area contributed by atoms with Gasteiger partial charge in [-0.3, -0.25) is 4.79 Å². The van der Waals surface area contributed by atoms with Crippen LogP contribution in [0.15, 0.2) is 65.6 Å². The largest absolute Gasteiger partial charge is 0.379 e. The van der Waals surface area contributed by atoms with Gasteiger partial charge in [0.2, 0.25) is 15.9 Å². The summed E-state index contributed by atoms with van der Waals surface area (Å²) in [6.07, 6.45) is 4.15. The Balaban J connectivity index is 1.70. The van der Waals surface area contributed by atoms with Gasteiger partial charge in [0.1, 0.15) is 0 Å². The van der Waals surface area contributed by atoms with Gasteiger partial charge in [0, 0.05) is 31.8 Å². The average molecular weight is 443 g/mol. The topological polar surface area (TPSA) is 66.9 Å². The average Bonchev–Trinajstić information content (AvgIpc) is 2.82. The summed E-state index contributed by atoms with van der Waals surface area (Å²) in [6, 6.07) is 16.7. The maximum absolute atomic E-state index is 12.9. The molecule has 1 aliphatic heterocycles. The van der Waals surface area contributed by atoms with Gasteiger partial charge in [0.05, 0.1) is 18.1 Å². The summed E-state index contributed by atoms with van der Waals surface area (Å²) in [4.78, 5) is 15.0. The highest BCUT2D eigenvalue weighted by Crippen LogP contribution is 2.18. The monoisotopic (exact) mass is 442 g/mol. The third-order valence-corrected chi connectivity index (χ3v) is 7.42. The summed E-state index contributed by atoms with van der Waals surface area (Å²) in [6.45, 7) is 6.22. The van der Waals surface area contributed by atoms with E-state index in [9.17, 15) is 13.2 Å². The van der Waals surface area contributed by atoms with Gasteiger partial charge < -0.3 is 9.64 Å². The predicted octanol–water partition coefficient (Wildman–Crippen LogP) is 3.55. The molecule has 31 heavy (non-hydrogen) atoms. The molecule has 2 aromatic carbocycles. The number of morpholine rings is 1. The second-order valence-electron chi connectivity index (χ2n) is 7.63. The molecule has 0 N–H and O–H groups in total. The van der Waals surface area contributed by atoms with Crippen molar-refractivity contribution in [2.24, 2.45) is 0 Å². The molecule has 0 aliphatic carbocycles. The van der Waals surface area contributed by atoms with E-state index in [1.54, 1.807) is 36.4 Å². The van der Waals surface area contributed by atoms with Crippen molar-refractivity contribution in [2.45, 2.75) is 37.8 Å². The number of hydrogen-bond acceptors (Lipinski definition) is 4. The van der Waals surface area contributed by atoms with Crippen LogP contribution in [-0.4, -0.2) is 55.9 Å². The first-order valence-corrected chi connectivity index (χ1v) is 12.1. The first-order chi connectivity index (χ1) is 14.9. The van der Waals surface area contributed by atoms with Gasteiger partial charge in [-0.1, -0.05) is 49.4 Å². The van der Waals surface area contributed by atoms with Crippen molar-refractivity contribution in [1.29, 1.82) is 0 Å². The Bertz CT molecular complexity index is 982. The van der Waals surface area contributed by atoms with Crippen LogP contribution < -0.4 is 0 Å². The maximum atomic E-state index is 12.9. The Morgan fingerprint density at radius 2 is 1.74 bits per heavy atom. The lowest BCUT2D eigenvalue weighted by molar-refractivity contribution is -0.128. The van der Waals surface area contributed by atoms with Crippen molar-refractivity contribution in [1.82, 2.24) is 9.21 Å². The van der Waals surface area contributed by atoms with Gasteiger partial charge in [-0.15, -0.1) is 0 Å². The summed E-state index contributed by atoms with van der Waals surface area (Å²) in [5.74, 6) is -0.0665. The summed E-state index contributed by atoms with van der Waals surface area (Å²) in [5.41, 5.74) is 1.86. The molecule has 1 fully saturated rings. The molecular weight excluding hydrogens is 412 g/mol. The highest BCUT2D eigenvalue weighted by atomic mass is 32.2. The minimum absolute atomic E-state index is 0.0665. The van der Waals surface area contributed by atoms with Crippen LogP contribution in [0.4, 0.5) is 0 Å². The number of hydrogen-bond donors (Lipinski definition) is 0. The molecule has 1 amide bonds. The highest BCUT2D eigenvalue weighted by molar-refractivity contribution is 7.89. The van der Waals surface area contributed by atoms with Crippen LogP contribution in [0, 0.1) is 0 Å². The molecule has 0 bridgehead atoms. The van der Waals surface area contributed by atoms with Gasteiger partial charge in [-0.2, -0.15) is 4.31 Å². The molecule has 1 aliphatic rings. The summed E-state index contributed by atoms with van der Waals surface area (Å²) < 4.78 is 32.1. The lowest BCUT2D eigenvalue weighted by atomic mass is 10.1. The third-order valence-electron chi connectivity index (χ3n) is 5.51. The molecule has 7 heteroatoms. The number of rotatable bonds is 8. The van der Waals surface area contributed by atoms with Crippen molar-refractivity contribution < 1.29 is 17.9 Å². The molecule has 1 heterocycles. The minimum Gasteiger partial charge on any atom is -0.379 e. The van der Waals surface area contributed by atoms with Crippen molar-refractivity contribution in [3.8, 4) is 0 Å². The fraction of sp³-hybridized carbons (Fsp3) is 0.375. The summed E-state index contributed by atoms with van der Waals surface area (Å²) in [5, 5.41) is 0. The fourth-order valence-electron chi connectivity index (χ4n) is 3.40. The second kappa shape index (κ2) is 10.7.